The molecule has 1 aromatic rings. The maximum absolute atomic E-state index is 11.7. The molecule has 27 heavy (non-hydrogen) atoms. The predicted molar refractivity (Wildman–Crippen MR) is 108 cm³/mol. The summed E-state index contributed by atoms with van der Waals surface area (Å²) in [5.41, 5.74) is 8.39. The van der Waals surface area contributed by atoms with Gasteiger partial charge >= 0.3 is 0 Å². The lowest BCUT2D eigenvalue weighted by Crippen LogP contribution is -2.42. The van der Waals surface area contributed by atoms with E-state index in [0.717, 1.165) is 6.54 Å². The number of hydrogen-bond acceptors (Lipinski definition) is 6. The first-order valence-electron chi connectivity index (χ1n) is 8.59. The lowest BCUT2D eigenvalue weighted by molar-refractivity contribution is -0.118. The van der Waals surface area contributed by atoms with Gasteiger partial charge < -0.3 is 27.0 Å². The molecule has 144 valence electrons. The van der Waals surface area contributed by atoms with E-state index in [9.17, 15) is 9.59 Å². The molecule has 8 heteroatoms. The highest BCUT2D eigenvalue weighted by Crippen LogP contribution is 2.27. The van der Waals surface area contributed by atoms with Crippen LogP contribution in [0.3, 0.4) is 0 Å². The van der Waals surface area contributed by atoms with Crippen LogP contribution in [0.15, 0.2) is 53.3 Å². The zero-order chi connectivity index (χ0) is 19.9. The van der Waals surface area contributed by atoms with Crippen LogP contribution in [0.5, 0.6) is 0 Å². The average Bonchev–Trinajstić information content (AvgIpc) is 3.28. The maximum atomic E-state index is 11.7. The number of nitrogens with one attached hydrogen (secondary N) is 4. The fraction of sp³-hybridized carbons (Fsp3) is 0.316. The number of amides is 2. The number of hydrogen-bond donors (Lipinski definition) is 5. The van der Waals surface area contributed by atoms with Crippen LogP contribution in [0.25, 0.3) is 0 Å². The lowest BCUT2D eigenvalue weighted by Gasteiger charge is -2.18. The third kappa shape index (κ3) is 6.18. The van der Waals surface area contributed by atoms with Crippen molar-refractivity contribution >= 4 is 29.5 Å². The van der Waals surface area contributed by atoms with Crippen LogP contribution >= 0.6 is 0 Å². The minimum atomic E-state index is -0.442. The molecule has 0 saturated carbocycles. The van der Waals surface area contributed by atoms with Gasteiger partial charge in [0.05, 0.1) is 6.54 Å². The van der Waals surface area contributed by atoms with Crippen LogP contribution in [0.4, 0.5) is 11.4 Å². The molecule has 6 N–H and O–H groups in total. The topological polar surface area (TPSA) is 121 Å². The van der Waals surface area contributed by atoms with E-state index in [1.807, 2.05) is 6.08 Å². The van der Waals surface area contributed by atoms with Crippen molar-refractivity contribution in [2.24, 2.45) is 16.1 Å². The largest absolute Gasteiger partial charge is 0.384 e. The fourth-order valence-electron chi connectivity index (χ4n) is 2.32. The van der Waals surface area contributed by atoms with E-state index in [4.69, 9.17) is 5.73 Å². The normalized spacial score (nSPS) is 15.5. The van der Waals surface area contributed by atoms with Crippen molar-refractivity contribution in [3.63, 3.8) is 0 Å². The molecule has 0 unspecified atom stereocenters. The SMILES string of the molecule is CC(C)(C)C1=CC(N)=NC1.O=CNc1ccc(NC(=O)C2NC=CN2)cc1. The third-order valence-corrected chi connectivity index (χ3v) is 3.97. The van der Waals surface area contributed by atoms with Crippen LogP contribution in [0.2, 0.25) is 0 Å². The van der Waals surface area contributed by atoms with Gasteiger partial charge in [-0.1, -0.05) is 20.8 Å². The van der Waals surface area contributed by atoms with E-state index in [0.29, 0.717) is 23.6 Å². The standard InChI is InChI=1S/C11H12N4O2.C8H14N2/c16-7-14-8-1-3-9(4-2-8)15-11(17)10-12-5-6-13-10;1-8(2,3)6-4-7(9)10-5-6/h1-7,10,12-13H,(H,14,16)(H,15,17);4H,5H2,1-3H3,(H2,9,10). The zero-order valence-corrected chi connectivity index (χ0v) is 15.7. The number of carbonyl (C=O) groups is 2. The number of carbonyl (C=O) groups excluding carboxylic acids is 2. The Morgan fingerprint density at radius 3 is 2.22 bits per heavy atom. The van der Waals surface area contributed by atoms with E-state index in [-0.39, 0.29) is 11.3 Å². The molecule has 2 aliphatic rings. The predicted octanol–water partition coefficient (Wildman–Crippen LogP) is 1.51. The zero-order valence-electron chi connectivity index (χ0n) is 15.7. The summed E-state index contributed by atoms with van der Waals surface area (Å²) in [6.45, 7) is 7.31. The summed E-state index contributed by atoms with van der Waals surface area (Å²) in [7, 11) is 0. The van der Waals surface area contributed by atoms with E-state index in [2.05, 4.69) is 47.0 Å². The first-order valence-corrected chi connectivity index (χ1v) is 8.59. The molecule has 1 aromatic carbocycles. The average molecular weight is 370 g/mol. The first-order chi connectivity index (χ1) is 12.8. The highest BCUT2D eigenvalue weighted by atomic mass is 16.2. The highest BCUT2D eigenvalue weighted by Gasteiger charge is 2.19. The monoisotopic (exact) mass is 370 g/mol. The van der Waals surface area contributed by atoms with Crippen molar-refractivity contribution in [3.8, 4) is 0 Å². The van der Waals surface area contributed by atoms with E-state index >= 15 is 0 Å². The fourth-order valence-corrected chi connectivity index (χ4v) is 2.32. The third-order valence-electron chi connectivity index (χ3n) is 3.97. The molecule has 8 nitrogen and oxygen atoms in total. The van der Waals surface area contributed by atoms with Crippen molar-refractivity contribution in [2.75, 3.05) is 17.2 Å². The number of anilines is 2. The summed E-state index contributed by atoms with van der Waals surface area (Å²) in [5.74, 6) is 0.496. The Balaban J connectivity index is 0.000000223. The van der Waals surface area contributed by atoms with Gasteiger partial charge in [-0.15, -0.1) is 0 Å². The van der Waals surface area contributed by atoms with Crippen molar-refractivity contribution < 1.29 is 9.59 Å². The quantitative estimate of drug-likeness (QED) is 0.515. The molecule has 0 aliphatic carbocycles. The van der Waals surface area contributed by atoms with Gasteiger partial charge in [-0.2, -0.15) is 0 Å². The van der Waals surface area contributed by atoms with Crippen LogP contribution < -0.4 is 27.0 Å². The molecule has 0 fully saturated rings. The van der Waals surface area contributed by atoms with Gasteiger partial charge in [-0.05, 0) is 41.3 Å². The highest BCUT2D eigenvalue weighted by molar-refractivity contribution is 5.95. The Morgan fingerprint density at radius 1 is 1.19 bits per heavy atom. The Bertz CT molecular complexity index is 751. The molecular formula is C19H26N6O2. The molecule has 2 amide bonds. The minimum absolute atomic E-state index is 0.175. The van der Waals surface area contributed by atoms with Gasteiger partial charge in [-0.3, -0.25) is 14.6 Å². The number of nitrogens with two attached hydrogens (primary N) is 1. The van der Waals surface area contributed by atoms with Crippen LogP contribution in [0, 0.1) is 5.41 Å². The summed E-state index contributed by atoms with van der Waals surface area (Å²) >= 11 is 0. The Hall–Kier alpha value is -3.29. The van der Waals surface area contributed by atoms with Crippen molar-refractivity contribution in [1.82, 2.24) is 10.6 Å². The van der Waals surface area contributed by atoms with Crippen molar-refractivity contribution in [3.05, 3.63) is 48.3 Å². The number of nitrogens with zero attached hydrogens (tertiary/aromatic N) is 1. The summed E-state index contributed by atoms with van der Waals surface area (Å²) in [5, 5.41) is 10.9. The van der Waals surface area contributed by atoms with Crippen LogP contribution in [-0.4, -0.2) is 30.9 Å². The van der Waals surface area contributed by atoms with Crippen molar-refractivity contribution in [2.45, 2.75) is 26.9 Å². The molecule has 3 rings (SSSR count). The summed E-state index contributed by atoms with van der Waals surface area (Å²) < 4.78 is 0. The van der Waals surface area contributed by atoms with Gasteiger partial charge in [0.15, 0.2) is 6.17 Å². The van der Waals surface area contributed by atoms with E-state index < -0.39 is 6.17 Å². The molecule has 0 atom stereocenters. The molecule has 2 heterocycles. The summed E-state index contributed by atoms with van der Waals surface area (Å²) in [6.07, 6.45) is 5.47. The lowest BCUT2D eigenvalue weighted by atomic mass is 9.87. The Morgan fingerprint density at radius 2 is 1.78 bits per heavy atom. The second kappa shape index (κ2) is 8.88. The van der Waals surface area contributed by atoms with Gasteiger partial charge in [0.25, 0.3) is 5.91 Å². The minimum Gasteiger partial charge on any atom is -0.384 e. The number of benzene rings is 1. The van der Waals surface area contributed by atoms with Crippen molar-refractivity contribution in [1.29, 1.82) is 0 Å². The molecule has 0 aromatic heterocycles. The first kappa shape index (κ1) is 20.0. The maximum Gasteiger partial charge on any atom is 0.267 e. The smallest absolute Gasteiger partial charge is 0.267 e. The van der Waals surface area contributed by atoms with Crippen LogP contribution in [-0.2, 0) is 9.59 Å². The molecule has 0 saturated heterocycles. The molecular weight excluding hydrogens is 344 g/mol. The number of amidine groups is 1. The van der Waals surface area contributed by atoms with Gasteiger partial charge in [-0.25, -0.2) is 0 Å². The Labute approximate surface area is 159 Å². The molecule has 0 spiro atoms. The number of aliphatic imine (C=N–C) groups is 1. The number of rotatable bonds is 4. The van der Waals surface area contributed by atoms with Gasteiger partial charge in [0.1, 0.15) is 5.84 Å². The Kier molecular flexibility index (Phi) is 6.59. The van der Waals surface area contributed by atoms with Gasteiger partial charge in [0.2, 0.25) is 6.41 Å². The van der Waals surface area contributed by atoms with Crippen LogP contribution in [0.1, 0.15) is 20.8 Å². The molecule has 0 bridgehead atoms. The molecule has 2 aliphatic heterocycles. The van der Waals surface area contributed by atoms with E-state index in [1.165, 1.54) is 5.57 Å². The second-order valence-electron chi connectivity index (χ2n) is 7.09. The second-order valence-corrected chi connectivity index (χ2v) is 7.09. The van der Waals surface area contributed by atoms with Gasteiger partial charge in [0, 0.05) is 23.8 Å². The van der Waals surface area contributed by atoms with E-state index in [1.54, 1.807) is 36.7 Å². The summed E-state index contributed by atoms with van der Waals surface area (Å²) in [6, 6.07) is 6.84. The molecule has 0 radical (unpaired) electrons. The summed E-state index contributed by atoms with van der Waals surface area (Å²) in [4.78, 5) is 26.0.